The first-order valence-corrected chi connectivity index (χ1v) is 10.7. The highest BCUT2D eigenvalue weighted by molar-refractivity contribution is 7.17. The highest BCUT2D eigenvalue weighted by Crippen LogP contribution is 2.51. The van der Waals surface area contributed by atoms with Gasteiger partial charge in [0.15, 0.2) is 10.7 Å². The van der Waals surface area contributed by atoms with Gasteiger partial charge < -0.3 is 0 Å². The molecule has 0 saturated heterocycles. The first-order valence-electron chi connectivity index (χ1n) is 9.93. The Labute approximate surface area is 169 Å². The molecule has 0 radical (unpaired) electrons. The summed E-state index contributed by atoms with van der Waals surface area (Å²) in [7, 11) is 0. The summed E-state index contributed by atoms with van der Waals surface area (Å²) in [5.41, 5.74) is 1.03. The zero-order valence-corrected chi connectivity index (χ0v) is 17.0. The maximum atomic E-state index is 13.1. The maximum absolute atomic E-state index is 13.1. The molecule has 2 atom stereocenters. The van der Waals surface area contributed by atoms with Crippen molar-refractivity contribution in [3.63, 3.8) is 0 Å². The van der Waals surface area contributed by atoms with Crippen LogP contribution in [0.4, 0.5) is 13.2 Å². The summed E-state index contributed by atoms with van der Waals surface area (Å²) in [4.78, 5) is 19.2. The largest absolute Gasteiger partial charge is 0.435 e. The zero-order valence-electron chi connectivity index (χ0n) is 16.2. The van der Waals surface area contributed by atoms with E-state index in [-0.39, 0.29) is 18.0 Å². The molecule has 9 heteroatoms. The number of alkyl halides is 3. The normalized spacial score (nSPS) is 21.8. The molecule has 0 N–H and O–H groups in total. The third-order valence-corrected chi connectivity index (χ3v) is 6.97. The minimum atomic E-state index is -4.48. The summed E-state index contributed by atoms with van der Waals surface area (Å²) in [6.07, 6.45) is -0.565. The quantitative estimate of drug-likeness (QED) is 0.598. The molecule has 0 amide bonds. The summed E-state index contributed by atoms with van der Waals surface area (Å²) >= 11 is 1.47. The highest BCUT2D eigenvalue weighted by atomic mass is 32.1. The van der Waals surface area contributed by atoms with Gasteiger partial charge in [0.2, 0.25) is 0 Å². The molecule has 5 nitrogen and oxygen atoms in total. The van der Waals surface area contributed by atoms with E-state index in [0.717, 1.165) is 42.3 Å². The molecule has 29 heavy (non-hydrogen) atoms. The van der Waals surface area contributed by atoms with Crippen molar-refractivity contribution in [1.29, 1.82) is 0 Å². The fourth-order valence-corrected chi connectivity index (χ4v) is 5.31. The number of aromatic nitrogens is 4. The van der Waals surface area contributed by atoms with Crippen LogP contribution in [-0.4, -0.2) is 19.2 Å². The van der Waals surface area contributed by atoms with Crippen molar-refractivity contribution in [2.45, 2.75) is 64.1 Å². The number of hydrogen-bond acceptors (Lipinski definition) is 4. The molecule has 2 aliphatic carbocycles. The van der Waals surface area contributed by atoms with Gasteiger partial charge in [-0.05, 0) is 38.2 Å². The van der Waals surface area contributed by atoms with Crippen molar-refractivity contribution in [3.8, 4) is 0 Å². The van der Waals surface area contributed by atoms with Crippen molar-refractivity contribution in [2.24, 2.45) is 5.92 Å². The number of nitrogens with zero attached hydrogens (tertiary/aromatic N) is 4. The minimum absolute atomic E-state index is 0.0704. The van der Waals surface area contributed by atoms with E-state index in [9.17, 15) is 18.0 Å². The molecule has 0 aliphatic heterocycles. The topological polar surface area (TPSA) is 52.2 Å². The second-order valence-corrected chi connectivity index (χ2v) is 9.32. The summed E-state index contributed by atoms with van der Waals surface area (Å²) in [6, 6.07) is 2.58. The third-order valence-electron chi connectivity index (χ3n) is 5.99. The highest BCUT2D eigenvalue weighted by Gasteiger charge is 2.40. The molecule has 3 aromatic rings. The number of halogens is 3. The van der Waals surface area contributed by atoms with E-state index in [1.807, 2.05) is 6.92 Å². The molecule has 0 spiro atoms. The van der Waals surface area contributed by atoms with Gasteiger partial charge in [-0.3, -0.25) is 13.9 Å². The van der Waals surface area contributed by atoms with Gasteiger partial charge in [0.1, 0.15) is 0 Å². The molecule has 0 aromatic carbocycles. The molecule has 3 heterocycles. The van der Waals surface area contributed by atoms with Gasteiger partial charge in [0.25, 0.3) is 5.56 Å². The predicted molar refractivity (Wildman–Crippen MR) is 104 cm³/mol. The molecule has 2 unspecified atom stereocenters. The van der Waals surface area contributed by atoms with E-state index < -0.39 is 11.9 Å². The lowest BCUT2D eigenvalue weighted by Gasteiger charge is -2.07. The minimum Gasteiger partial charge on any atom is -0.269 e. The molecule has 2 fully saturated rings. The van der Waals surface area contributed by atoms with Crippen LogP contribution < -0.4 is 5.56 Å². The molecular formula is C20H21F3N4OS. The van der Waals surface area contributed by atoms with Gasteiger partial charge in [0, 0.05) is 34.2 Å². The second-order valence-electron chi connectivity index (χ2n) is 8.14. The van der Waals surface area contributed by atoms with Crippen molar-refractivity contribution in [2.75, 3.05) is 0 Å². The Hall–Kier alpha value is -2.16. The molecule has 2 saturated carbocycles. The van der Waals surface area contributed by atoms with Crippen LogP contribution in [0.25, 0.3) is 4.96 Å². The van der Waals surface area contributed by atoms with Crippen molar-refractivity contribution < 1.29 is 13.2 Å². The van der Waals surface area contributed by atoms with E-state index in [2.05, 4.69) is 17.0 Å². The summed E-state index contributed by atoms with van der Waals surface area (Å²) in [6.45, 7) is 4.23. The number of rotatable bonds is 5. The molecule has 3 aromatic heterocycles. The Morgan fingerprint density at radius 2 is 2.03 bits per heavy atom. The van der Waals surface area contributed by atoms with Crippen LogP contribution in [-0.2, 0) is 12.7 Å². The Balaban J connectivity index is 1.53. The SMILES string of the molecule is CCC1CC1c1c(C)sc2nc(Cn3nc(C(F)(F)F)cc3C3CC3)cc(=O)n12. The Morgan fingerprint density at radius 3 is 2.66 bits per heavy atom. The number of hydrogen-bond donors (Lipinski definition) is 0. The first-order chi connectivity index (χ1) is 13.8. The lowest BCUT2D eigenvalue weighted by atomic mass is 10.2. The molecular weight excluding hydrogens is 401 g/mol. The van der Waals surface area contributed by atoms with E-state index in [1.165, 1.54) is 22.1 Å². The fraction of sp³-hybridized carbons (Fsp3) is 0.550. The summed E-state index contributed by atoms with van der Waals surface area (Å²) < 4.78 is 42.4. The first kappa shape index (κ1) is 18.8. The van der Waals surface area contributed by atoms with E-state index in [1.54, 1.807) is 4.40 Å². The van der Waals surface area contributed by atoms with Gasteiger partial charge in [-0.2, -0.15) is 18.3 Å². The van der Waals surface area contributed by atoms with Gasteiger partial charge in [-0.25, -0.2) is 4.98 Å². The average molecular weight is 422 g/mol. The van der Waals surface area contributed by atoms with Gasteiger partial charge in [0.05, 0.1) is 12.2 Å². The molecule has 154 valence electrons. The van der Waals surface area contributed by atoms with Crippen LogP contribution in [0.3, 0.4) is 0 Å². The van der Waals surface area contributed by atoms with E-state index in [4.69, 9.17) is 0 Å². The zero-order chi connectivity index (χ0) is 20.5. The Bertz CT molecular complexity index is 1160. The van der Waals surface area contributed by atoms with Crippen molar-refractivity contribution in [1.82, 2.24) is 19.2 Å². The summed E-state index contributed by atoms with van der Waals surface area (Å²) in [5.74, 6) is 1.13. The standard InChI is InChI=1S/C20H21F3N4OS/c1-3-11-6-14(11)18-10(2)29-19-24-13(7-17(28)27(18)19)9-26-15(12-4-5-12)8-16(25-26)20(21,22)23/h7-8,11-12,14H,3-6,9H2,1-2H3. The number of fused-ring (bicyclic) bond motifs is 1. The Kier molecular flexibility index (Phi) is 4.17. The van der Waals surface area contributed by atoms with Crippen LogP contribution in [0.5, 0.6) is 0 Å². The van der Waals surface area contributed by atoms with Crippen LogP contribution in [0.2, 0.25) is 0 Å². The van der Waals surface area contributed by atoms with Crippen LogP contribution in [0.1, 0.15) is 72.1 Å². The van der Waals surface area contributed by atoms with Crippen LogP contribution in [0.15, 0.2) is 16.9 Å². The van der Waals surface area contributed by atoms with E-state index >= 15 is 0 Å². The number of aryl methyl sites for hydroxylation is 1. The van der Waals surface area contributed by atoms with Crippen molar-refractivity contribution in [3.05, 3.63) is 50.1 Å². The van der Waals surface area contributed by atoms with Crippen LogP contribution in [0, 0.1) is 12.8 Å². The average Bonchev–Trinajstić information content (AvgIpc) is 3.55. The molecule has 5 rings (SSSR count). The second kappa shape index (κ2) is 6.42. The Morgan fingerprint density at radius 1 is 1.28 bits per heavy atom. The number of thiazole rings is 1. The van der Waals surface area contributed by atoms with Gasteiger partial charge >= 0.3 is 6.18 Å². The smallest absolute Gasteiger partial charge is 0.269 e. The van der Waals surface area contributed by atoms with Gasteiger partial charge in [-0.15, -0.1) is 11.3 Å². The fourth-order valence-electron chi connectivity index (χ4n) is 4.24. The monoisotopic (exact) mass is 422 g/mol. The lowest BCUT2D eigenvalue weighted by Crippen LogP contribution is -2.18. The maximum Gasteiger partial charge on any atom is 0.435 e. The molecule has 2 aliphatic rings. The molecule has 0 bridgehead atoms. The lowest BCUT2D eigenvalue weighted by molar-refractivity contribution is -0.141. The van der Waals surface area contributed by atoms with E-state index in [0.29, 0.717) is 28.2 Å². The van der Waals surface area contributed by atoms with Crippen molar-refractivity contribution >= 4 is 16.3 Å². The third kappa shape index (κ3) is 3.29. The van der Waals surface area contributed by atoms with Crippen LogP contribution >= 0.6 is 11.3 Å². The van der Waals surface area contributed by atoms with Gasteiger partial charge in [-0.1, -0.05) is 13.3 Å². The summed E-state index contributed by atoms with van der Waals surface area (Å²) in [5, 5.41) is 3.78. The predicted octanol–water partition coefficient (Wildman–Crippen LogP) is 4.72.